The van der Waals surface area contributed by atoms with Gasteiger partial charge >= 0.3 is 0 Å². The number of carbonyl (C=O) groups is 15. The summed E-state index contributed by atoms with van der Waals surface area (Å²) in [5.41, 5.74) is 9.32. The lowest BCUT2D eigenvalue weighted by Crippen LogP contribution is -2.62. The van der Waals surface area contributed by atoms with Gasteiger partial charge in [-0.05, 0) is 95.2 Å². The number of aromatic amines is 1. The van der Waals surface area contributed by atoms with E-state index in [4.69, 9.17) is 5.73 Å². The fourth-order valence-corrected chi connectivity index (χ4v) is 18.0. The van der Waals surface area contributed by atoms with E-state index in [1.165, 1.54) is 83.2 Å². The quantitative estimate of drug-likeness (QED) is 0.0553. The summed E-state index contributed by atoms with van der Waals surface area (Å²) in [4.78, 5) is 236. The Morgan fingerprint density at radius 1 is 0.538 bits per heavy atom. The second-order valence-electron chi connectivity index (χ2n) is 34.6. The highest BCUT2D eigenvalue weighted by atomic mass is 32.2. The molecule has 3 saturated heterocycles. The molecule has 0 radical (unpaired) electrons. The molecule has 14 N–H and O–H groups in total. The van der Waals surface area contributed by atoms with Crippen LogP contribution in [-0.2, 0) is 110 Å². The Hall–Kier alpha value is -13.2. The number of amides is 15. The van der Waals surface area contributed by atoms with Gasteiger partial charge in [0.2, 0.25) is 88.6 Å². The van der Waals surface area contributed by atoms with E-state index in [-0.39, 0.29) is 106 Å². The largest absolute Gasteiger partial charge is 0.508 e. The molecule has 0 unspecified atom stereocenters. The molecular weight excluding hydrogens is 1690 g/mol. The van der Waals surface area contributed by atoms with Crippen molar-refractivity contribution in [2.45, 2.75) is 197 Å². The average Bonchev–Trinajstić information content (AvgIpc) is 1.24. The summed E-state index contributed by atoms with van der Waals surface area (Å²) < 4.78 is 0. The SMILES string of the molecule is CCCC[C@H]1C(=O)N2CCC[C@@H]2C(=O)N2C[C@H](O)C[C@H]2C(=O)N[C@@H](C(C)C)C(=O)N(C)[C@@H](Cc2ccccc2)C(=O)N[C@H]2Cc3ccc(O)cc3N(CC(=O)N[C@@H](Cc3c[nH]c4ccccc34)C(=O)N[C@@H](Cc3ccc(O)cc3)C(=O)N[C@@H](CC(C)C)C(=O)N[C@H](C(=O)NCC(N)=O)CSCC(=O)N[C@@H](Cc3ccccc3)C(=O)N(C)[C@@H](Cc3ccccc3)C(=O)N1C)C2=O. The third-order valence-electron chi connectivity index (χ3n) is 24.2. The fourth-order valence-electron chi connectivity index (χ4n) is 17.1. The standard InChI is InChI=1S/C95H118N16O18S/c1-9-10-31-74-93(127)109-39-22-32-75(109)94(128)110-51-65(114)48-78(110)89(123)105-83(56(4)5)95(129)107(7)77(43-58-25-16-12-17-26-58)88(122)103-72-45-61-35-38-64(113)47-76(61)111(91(72)125)52-81(116)99-70(46-62-49-97-67-30-21-20-29-66(62)67)87(121)102-69(41-60-33-36-63(112)37-34-60)86(120)101-68(40-55(2)3)85(119)104-73(84(118)98-50-80(96)115)53-130-54-82(117)100-71(42-57-23-14-11-15-24-57)90(124)108(8)79(92(126)106(74)6)44-59-27-18-13-19-28-59/h11-21,23-30,33-38,47,49,55-56,65,68-75,77-79,83,97,112-114H,9-10,22,31-32,39-46,48,50-54H2,1-8H3,(H2,96,115)(H,98,118)(H,99,116)(H,100,117)(H,101,120)(H,102,121)(H,103,122)(H,104,119)(H,105,123)/t65-,68+,69+,70+,71+,72+,73+,74+,75-,77+,78+,79+,83+/m1/s1. The number of aromatic hydroxyl groups is 2. The minimum atomic E-state index is -1.60. The number of anilines is 1. The summed E-state index contributed by atoms with van der Waals surface area (Å²) in [7, 11) is 4.24. The number of likely N-dealkylation sites (N-methyl/N-ethyl adjacent to an activating group) is 3. The van der Waals surface area contributed by atoms with Gasteiger partial charge in [-0.1, -0.05) is 175 Å². The summed E-state index contributed by atoms with van der Waals surface area (Å²) in [6.07, 6.45) is 0.530. The molecule has 4 aliphatic heterocycles. The van der Waals surface area contributed by atoms with Gasteiger partial charge in [-0.15, -0.1) is 11.8 Å². The molecule has 130 heavy (non-hydrogen) atoms. The maximum absolute atomic E-state index is 15.8. The van der Waals surface area contributed by atoms with Crippen LogP contribution in [0.15, 0.2) is 164 Å². The highest BCUT2D eigenvalue weighted by Crippen LogP contribution is 2.34. The van der Waals surface area contributed by atoms with Crippen LogP contribution in [0.2, 0.25) is 0 Å². The van der Waals surface area contributed by atoms with E-state index in [1.54, 1.807) is 149 Å². The van der Waals surface area contributed by atoms with Crippen LogP contribution in [0.1, 0.15) is 113 Å². The molecule has 3 fully saturated rings. The number of H-pyrrole nitrogens is 1. The molecule has 7 aromatic rings. The highest BCUT2D eigenvalue weighted by Gasteiger charge is 2.49. The van der Waals surface area contributed by atoms with Crippen molar-refractivity contribution >= 4 is 117 Å². The van der Waals surface area contributed by atoms with Crippen LogP contribution in [0.3, 0.4) is 0 Å². The molecule has 0 aliphatic carbocycles. The highest BCUT2D eigenvalue weighted by molar-refractivity contribution is 8.00. The number of aliphatic hydroxyl groups excluding tert-OH is 1. The zero-order valence-corrected chi connectivity index (χ0v) is 75.1. The molecule has 5 heterocycles. The number of fused-ring (bicyclic) bond motifs is 7. The Morgan fingerprint density at radius 3 is 1.75 bits per heavy atom. The Balaban J connectivity index is 0.967. The van der Waals surface area contributed by atoms with Crippen molar-refractivity contribution in [3.8, 4) is 11.5 Å². The minimum Gasteiger partial charge on any atom is -0.508 e. The molecule has 34 nitrogen and oxygen atoms in total. The molecule has 0 spiro atoms. The number of nitrogens with two attached hydrogens (primary N) is 1. The van der Waals surface area contributed by atoms with E-state index >= 15 is 57.5 Å². The predicted octanol–water partition coefficient (Wildman–Crippen LogP) is 2.75. The number of phenols is 2. The topological polar surface area (TPSA) is 474 Å². The predicted molar refractivity (Wildman–Crippen MR) is 486 cm³/mol. The number of para-hydroxylation sites is 1. The number of hydrogen-bond donors (Lipinski definition) is 13. The van der Waals surface area contributed by atoms with Gasteiger partial charge in [0.15, 0.2) is 0 Å². The number of nitrogens with zero attached hydrogens (tertiary/aromatic N) is 6. The lowest BCUT2D eigenvalue weighted by atomic mass is 9.95. The van der Waals surface area contributed by atoms with Gasteiger partial charge in [0.25, 0.3) is 0 Å². The van der Waals surface area contributed by atoms with E-state index in [1.807, 2.05) is 6.92 Å². The first-order valence-electron chi connectivity index (χ1n) is 44.1. The number of thioether (sulfide) groups is 1. The van der Waals surface area contributed by atoms with Gasteiger partial charge in [0.05, 0.1) is 24.1 Å². The number of unbranched alkanes of at least 4 members (excludes halogenated alkanes) is 1. The number of nitrogens with one attached hydrogen (secondary N) is 9. The lowest BCUT2D eigenvalue weighted by Gasteiger charge is -2.38. The van der Waals surface area contributed by atoms with Gasteiger partial charge in [-0.25, -0.2) is 0 Å². The molecule has 6 aromatic carbocycles. The van der Waals surface area contributed by atoms with Crippen LogP contribution in [0.5, 0.6) is 11.5 Å². The monoisotopic (exact) mass is 1800 g/mol. The van der Waals surface area contributed by atoms with E-state index in [0.29, 0.717) is 63.5 Å². The Kier molecular flexibility index (Phi) is 33.9. The van der Waals surface area contributed by atoms with E-state index in [2.05, 4.69) is 47.5 Å². The summed E-state index contributed by atoms with van der Waals surface area (Å²) in [5, 5.41) is 55.6. The van der Waals surface area contributed by atoms with Crippen LogP contribution in [0.25, 0.3) is 10.9 Å². The van der Waals surface area contributed by atoms with Crippen molar-refractivity contribution in [1.29, 1.82) is 0 Å². The van der Waals surface area contributed by atoms with Crippen molar-refractivity contribution in [1.82, 2.24) is 72.0 Å². The molecule has 35 heteroatoms. The van der Waals surface area contributed by atoms with Crippen molar-refractivity contribution in [2.24, 2.45) is 17.6 Å². The molecule has 4 aliphatic rings. The zero-order valence-electron chi connectivity index (χ0n) is 74.3. The van der Waals surface area contributed by atoms with Crippen LogP contribution >= 0.6 is 11.8 Å². The Morgan fingerprint density at radius 2 is 1.11 bits per heavy atom. The number of aliphatic hydroxyl groups is 1. The number of rotatable bonds is 19. The van der Waals surface area contributed by atoms with Gasteiger partial charge in [0.1, 0.15) is 90.5 Å². The molecule has 692 valence electrons. The number of hydrogen-bond acceptors (Lipinski definition) is 19. The maximum atomic E-state index is 15.8. The van der Waals surface area contributed by atoms with Crippen molar-refractivity contribution in [2.75, 3.05) is 63.7 Å². The third-order valence-corrected chi connectivity index (χ3v) is 25.2. The van der Waals surface area contributed by atoms with Crippen molar-refractivity contribution < 1.29 is 87.2 Å². The number of benzene rings is 6. The molecular formula is C95H118N16O18S. The second kappa shape index (κ2) is 45.2. The average molecular weight is 1800 g/mol. The number of phenolic OH excluding ortho intramolecular Hbond substituents is 2. The molecule has 1 aromatic heterocycles. The molecule has 13 atom stereocenters. The van der Waals surface area contributed by atoms with E-state index < -0.39 is 192 Å². The zero-order chi connectivity index (χ0) is 93.7. The summed E-state index contributed by atoms with van der Waals surface area (Å²) in [6, 6.07) is 26.1. The molecule has 2 bridgehead atoms. The first-order chi connectivity index (χ1) is 62.1. The molecule has 11 rings (SSSR count). The normalized spacial score (nSPS) is 24.2. The van der Waals surface area contributed by atoms with Crippen LogP contribution in [-0.4, -0.2) is 271 Å². The van der Waals surface area contributed by atoms with Gasteiger partial charge in [-0.3, -0.25) is 71.9 Å². The molecule has 0 saturated carbocycles. The number of aromatic nitrogens is 1. The van der Waals surface area contributed by atoms with Crippen LogP contribution < -0.4 is 53.2 Å². The summed E-state index contributed by atoms with van der Waals surface area (Å²) >= 11 is 0.850. The lowest BCUT2D eigenvalue weighted by molar-refractivity contribution is -0.154. The molecule has 15 amide bonds. The van der Waals surface area contributed by atoms with E-state index in [9.17, 15) is 29.7 Å². The maximum Gasteiger partial charge on any atom is 0.250 e. The Labute approximate surface area is 759 Å². The van der Waals surface area contributed by atoms with Crippen LogP contribution in [0, 0.1) is 11.8 Å². The van der Waals surface area contributed by atoms with Crippen LogP contribution in [0.4, 0.5) is 5.69 Å². The first-order valence-corrected chi connectivity index (χ1v) is 45.2. The van der Waals surface area contributed by atoms with Gasteiger partial charge in [0, 0.05) is 108 Å². The second-order valence-corrected chi connectivity index (χ2v) is 35.6. The van der Waals surface area contributed by atoms with Crippen molar-refractivity contribution in [3.63, 3.8) is 0 Å². The smallest absolute Gasteiger partial charge is 0.250 e. The summed E-state index contributed by atoms with van der Waals surface area (Å²) in [5.74, 6) is -14.6. The number of primary amides is 1. The van der Waals surface area contributed by atoms with Gasteiger partial charge < -0.3 is 98.0 Å². The third kappa shape index (κ3) is 25.2. The fraction of sp³-hybridized carbons (Fsp3) is 0.442. The van der Waals surface area contributed by atoms with E-state index in [0.717, 1.165) is 21.6 Å². The minimum absolute atomic E-state index is 0.0602. The number of carbonyl (C=O) groups excluding carboxylic acids is 15. The van der Waals surface area contributed by atoms with Gasteiger partial charge in [-0.2, -0.15) is 0 Å². The summed E-state index contributed by atoms with van der Waals surface area (Å²) in [6.45, 7) is 6.95. The first kappa shape index (κ1) is 97.4. The Bertz CT molecular complexity index is 5240. The van der Waals surface area contributed by atoms with Crippen molar-refractivity contribution in [3.05, 3.63) is 197 Å².